The summed E-state index contributed by atoms with van der Waals surface area (Å²) in [6.07, 6.45) is 3.27. The molecular formula is C17H25NO2. The van der Waals surface area contributed by atoms with E-state index in [9.17, 15) is 5.11 Å². The lowest BCUT2D eigenvalue weighted by atomic mass is 9.84. The van der Waals surface area contributed by atoms with Gasteiger partial charge < -0.3 is 9.84 Å². The summed E-state index contributed by atoms with van der Waals surface area (Å²) in [6, 6.07) is 6.37. The highest BCUT2D eigenvalue weighted by molar-refractivity contribution is 5.42. The topological polar surface area (TPSA) is 32.7 Å². The van der Waals surface area contributed by atoms with Crippen molar-refractivity contribution >= 4 is 0 Å². The first-order chi connectivity index (χ1) is 9.49. The second-order valence-corrected chi connectivity index (χ2v) is 6.73. The molecule has 110 valence electrons. The molecule has 0 spiro atoms. The number of benzene rings is 1. The van der Waals surface area contributed by atoms with Crippen molar-refractivity contribution in [1.82, 2.24) is 4.90 Å². The molecule has 0 bridgehead atoms. The SMILES string of the molecule is Cc1ccc2c(c1)[C@@H](N1CCCCC1)[C@H](O)C(C)(C)O2. The molecule has 0 amide bonds. The lowest BCUT2D eigenvalue weighted by molar-refractivity contribution is -0.0961. The second-order valence-electron chi connectivity index (χ2n) is 6.73. The summed E-state index contributed by atoms with van der Waals surface area (Å²) in [5.74, 6) is 0.932. The van der Waals surface area contributed by atoms with Gasteiger partial charge in [0.05, 0.1) is 6.04 Å². The number of piperidine rings is 1. The van der Waals surface area contributed by atoms with Gasteiger partial charge in [-0.05, 0) is 52.8 Å². The van der Waals surface area contributed by atoms with Gasteiger partial charge in [-0.25, -0.2) is 0 Å². The quantitative estimate of drug-likeness (QED) is 0.855. The van der Waals surface area contributed by atoms with Crippen LogP contribution in [0.2, 0.25) is 0 Å². The standard InChI is InChI=1S/C17H25NO2/c1-12-7-8-14-13(11-12)15(16(19)17(2,3)20-14)18-9-5-4-6-10-18/h7-8,11,15-16,19H,4-6,9-10H2,1-3H3/t15-,16+/m1/s1. The van der Waals surface area contributed by atoms with Crippen molar-refractivity contribution < 1.29 is 9.84 Å². The Kier molecular flexibility index (Phi) is 3.51. The smallest absolute Gasteiger partial charge is 0.131 e. The van der Waals surface area contributed by atoms with Gasteiger partial charge in [-0.15, -0.1) is 0 Å². The average Bonchev–Trinajstić information content (AvgIpc) is 2.42. The van der Waals surface area contributed by atoms with Crippen molar-refractivity contribution in [3.63, 3.8) is 0 Å². The van der Waals surface area contributed by atoms with Crippen molar-refractivity contribution in [2.75, 3.05) is 13.1 Å². The molecule has 1 N–H and O–H groups in total. The van der Waals surface area contributed by atoms with E-state index in [1.807, 2.05) is 13.8 Å². The van der Waals surface area contributed by atoms with E-state index in [1.165, 1.54) is 24.8 Å². The van der Waals surface area contributed by atoms with Crippen LogP contribution in [0.5, 0.6) is 5.75 Å². The third kappa shape index (κ3) is 2.33. The summed E-state index contributed by atoms with van der Waals surface area (Å²) in [4.78, 5) is 2.44. The Labute approximate surface area is 121 Å². The highest BCUT2D eigenvalue weighted by Gasteiger charge is 2.45. The number of aryl methyl sites for hydroxylation is 1. The zero-order chi connectivity index (χ0) is 14.3. The minimum Gasteiger partial charge on any atom is -0.485 e. The third-order valence-corrected chi connectivity index (χ3v) is 4.65. The molecule has 0 aliphatic carbocycles. The number of fused-ring (bicyclic) bond motifs is 1. The fraction of sp³-hybridized carbons (Fsp3) is 0.647. The van der Waals surface area contributed by atoms with Gasteiger partial charge in [0.1, 0.15) is 17.5 Å². The van der Waals surface area contributed by atoms with Crippen molar-refractivity contribution in [2.24, 2.45) is 0 Å². The Morgan fingerprint density at radius 1 is 1.20 bits per heavy atom. The van der Waals surface area contributed by atoms with Gasteiger partial charge in [0, 0.05) is 5.56 Å². The summed E-state index contributed by atoms with van der Waals surface area (Å²) in [7, 11) is 0. The maximum Gasteiger partial charge on any atom is 0.131 e. The molecular weight excluding hydrogens is 250 g/mol. The van der Waals surface area contributed by atoms with Crippen molar-refractivity contribution in [1.29, 1.82) is 0 Å². The largest absolute Gasteiger partial charge is 0.485 e. The van der Waals surface area contributed by atoms with Crippen LogP contribution in [-0.4, -0.2) is 34.8 Å². The molecule has 0 unspecified atom stereocenters. The number of rotatable bonds is 1. The van der Waals surface area contributed by atoms with E-state index in [2.05, 4.69) is 30.0 Å². The third-order valence-electron chi connectivity index (χ3n) is 4.65. The van der Waals surface area contributed by atoms with E-state index in [4.69, 9.17) is 4.74 Å². The molecule has 0 aromatic heterocycles. The lowest BCUT2D eigenvalue weighted by Gasteiger charge is -2.47. The lowest BCUT2D eigenvalue weighted by Crippen LogP contribution is -2.54. The average molecular weight is 275 g/mol. The Balaban J connectivity index is 2.03. The van der Waals surface area contributed by atoms with E-state index in [0.29, 0.717) is 0 Å². The first-order valence-electron chi connectivity index (χ1n) is 7.71. The summed E-state index contributed by atoms with van der Waals surface area (Å²) >= 11 is 0. The predicted octanol–water partition coefficient (Wildman–Crippen LogP) is 3.05. The van der Waals surface area contributed by atoms with Crippen LogP contribution < -0.4 is 4.74 Å². The molecule has 3 heteroatoms. The molecule has 1 fully saturated rings. The molecule has 3 rings (SSSR count). The molecule has 0 radical (unpaired) electrons. The molecule has 2 aliphatic rings. The van der Waals surface area contributed by atoms with Crippen LogP contribution in [0.15, 0.2) is 18.2 Å². The highest BCUT2D eigenvalue weighted by atomic mass is 16.5. The van der Waals surface area contributed by atoms with Crippen molar-refractivity contribution in [3.8, 4) is 5.75 Å². The number of nitrogens with zero attached hydrogens (tertiary/aromatic N) is 1. The van der Waals surface area contributed by atoms with Gasteiger partial charge in [0.15, 0.2) is 0 Å². The van der Waals surface area contributed by atoms with Crippen LogP contribution in [0.4, 0.5) is 0 Å². The molecule has 1 saturated heterocycles. The normalized spacial score (nSPS) is 29.6. The molecule has 1 aromatic rings. The van der Waals surface area contributed by atoms with Crippen LogP contribution in [-0.2, 0) is 0 Å². The van der Waals surface area contributed by atoms with Crippen molar-refractivity contribution in [3.05, 3.63) is 29.3 Å². The zero-order valence-corrected chi connectivity index (χ0v) is 12.7. The van der Waals surface area contributed by atoms with Gasteiger partial charge in [0.25, 0.3) is 0 Å². The van der Waals surface area contributed by atoms with Gasteiger partial charge in [-0.1, -0.05) is 24.1 Å². The van der Waals surface area contributed by atoms with Crippen LogP contribution in [0, 0.1) is 6.92 Å². The zero-order valence-electron chi connectivity index (χ0n) is 12.7. The van der Waals surface area contributed by atoms with Crippen LogP contribution in [0.3, 0.4) is 0 Å². The number of aliphatic hydroxyl groups excluding tert-OH is 1. The van der Waals surface area contributed by atoms with Crippen LogP contribution in [0.25, 0.3) is 0 Å². The fourth-order valence-electron chi connectivity index (χ4n) is 3.48. The summed E-state index contributed by atoms with van der Waals surface area (Å²) in [5.41, 5.74) is 1.84. The molecule has 0 saturated carbocycles. The number of hydrogen-bond donors (Lipinski definition) is 1. The minimum atomic E-state index is -0.537. The molecule has 2 aliphatic heterocycles. The second kappa shape index (κ2) is 5.05. The summed E-state index contributed by atoms with van der Waals surface area (Å²) < 4.78 is 6.03. The molecule has 20 heavy (non-hydrogen) atoms. The number of likely N-dealkylation sites (tertiary alicyclic amines) is 1. The molecule has 2 atom stereocenters. The van der Waals surface area contributed by atoms with E-state index >= 15 is 0 Å². The Hall–Kier alpha value is -1.06. The Morgan fingerprint density at radius 3 is 2.60 bits per heavy atom. The number of ether oxygens (including phenoxy) is 1. The van der Waals surface area contributed by atoms with Crippen LogP contribution in [0.1, 0.15) is 50.3 Å². The number of aliphatic hydroxyl groups is 1. The van der Waals surface area contributed by atoms with Crippen LogP contribution >= 0.6 is 0 Å². The molecule has 2 heterocycles. The Bertz CT molecular complexity index is 492. The van der Waals surface area contributed by atoms with E-state index in [1.54, 1.807) is 0 Å². The Morgan fingerprint density at radius 2 is 1.90 bits per heavy atom. The minimum absolute atomic E-state index is 0.0638. The molecule has 1 aromatic carbocycles. The summed E-state index contributed by atoms with van der Waals surface area (Å²) in [5, 5.41) is 10.8. The highest BCUT2D eigenvalue weighted by Crippen LogP contribution is 2.43. The fourth-order valence-corrected chi connectivity index (χ4v) is 3.48. The van der Waals surface area contributed by atoms with E-state index in [-0.39, 0.29) is 6.04 Å². The van der Waals surface area contributed by atoms with E-state index in [0.717, 1.165) is 24.4 Å². The maximum absolute atomic E-state index is 10.8. The van der Waals surface area contributed by atoms with Gasteiger partial charge >= 0.3 is 0 Å². The van der Waals surface area contributed by atoms with E-state index < -0.39 is 11.7 Å². The van der Waals surface area contributed by atoms with Gasteiger partial charge in [-0.2, -0.15) is 0 Å². The van der Waals surface area contributed by atoms with Gasteiger partial charge in [0.2, 0.25) is 0 Å². The maximum atomic E-state index is 10.8. The van der Waals surface area contributed by atoms with Crippen molar-refractivity contribution in [2.45, 2.75) is 57.8 Å². The first-order valence-corrected chi connectivity index (χ1v) is 7.71. The van der Waals surface area contributed by atoms with Gasteiger partial charge in [-0.3, -0.25) is 4.90 Å². The monoisotopic (exact) mass is 275 g/mol. The summed E-state index contributed by atoms with van der Waals surface area (Å²) in [6.45, 7) is 8.21. The predicted molar refractivity (Wildman–Crippen MR) is 80.1 cm³/mol. The first kappa shape index (κ1) is 13.9. The molecule has 3 nitrogen and oxygen atoms in total. The number of hydrogen-bond acceptors (Lipinski definition) is 3.